The molecule has 1 aromatic rings. The molecule has 0 aromatic heterocycles. The van der Waals surface area contributed by atoms with Gasteiger partial charge in [0, 0.05) is 12.1 Å². The van der Waals surface area contributed by atoms with Crippen molar-refractivity contribution in [3.05, 3.63) is 29.0 Å². The summed E-state index contributed by atoms with van der Waals surface area (Å²) in [6, 6.07) is 4.20. The van der Waals surface area contributed by atoms with Crippen LogP contribution in [0.2, 0.25) is 5.02 Å². The Morgan fingerprint density at radius 3 is 2.42 bits per heavy atom. The van der Waals surface area contributed by atoms with Crippen LogP contribution in [-0.4, -0.2) is 18.2 Å². The highest BCUT2D eigenvalue weighted by atomic mass is 35.5. The van der Waals surface area contributed by atoms with Gasteiger partial charge >= 0.3 is 0 Å². The Morgan fingerprint density at radius 1 is 1.32 bits per heavy atom. The lowest BCUT2D eigenvalue weighted by Crippen LogP contribution is -2.44. The third kappa shape index (κ3) is 5.79. The van der Waals surface area contributed by atoms with Gasteiger partial charge in [-0.1, -0.05) is 25.4 Å². The summed E-state index contributed by atoms with van der Waals surface area (Å²) in [7, 11) is 0. The van der Waals surface area contributed by atoms with Gasteiger partial charge in [0.05, 0.1) is 5.02 Å². The van der Waals surface area contributed by atoms with E-state index >= 15 is 0 Å². The second-order valence-electron chi connectivity index (χ2n) is 6.11. The average Bonchev–Trinajstić information content (AvgIpc) is 2.24. The number of nitrogens with one attached hydrogen (secondary N) is 1. The van der Waals surface area contributed by atoms with Gasteiger partial charge < -0.3 is 10.1 Å². The van der Waals surface area contributed by atoms with Crippen LogP contribution in [0.25, 0.3) is 0 Å². The van der Waals surface area contributed by atoms with E-state index in [1.54, 1.807) is 6.07 Å². The van der Waals surface area contributed by atoms with Gasteiger partial charge in [-0.15, -0.1) is 0 Å². The first-order chi connectivity index (χ1) is 8.69. The maximum atomic E-state index is 13.0. The number of hydrogen-bond donors (Lipinski definition) is 1. The molecule has 1 rings (SSSR count). The molecule has 0 aliphatic rings. The van der Waals surface area contributed by atoms with Gasteiger partial charge in [0.15, 0.2) is 0 Å². The van der Waals surface area contributed by atoms with Crippen LogP contribution in [0.5, 0.6) is 5.75 Å². The molecule has 0 fully saturated rings. The molecule has 0 amide bonds. The fourth-order valence-corrected chi connectivity index (χ4v) is 1.77. The molecule has 19 heavy (non-hydrogen) atoms. The summed E-state index contributed by atoms with van der Waals surface area (Å²) in [5.41, 5.74) is 0.0308. The van der Waals surface area contributed by atoms with Crippen molar-refractivity contribution in [2.24, 2.45) is 5.92 Å². The van der Waals surface area contributed by atoms with E-state index in [0.717, 1.165) is 6.54 Å². The van der Waals surface area contributed by atoms with Crippen molar-refractivity contribution in [3.63, 3.8) is 0 Å². The molecule has 108 valence electrons. The van der Waals surface area contributed by atoms with Crippen LogP contribution in [0, 0.1) is 11.7 Å². The number of hydrogen-bond acceptors (Lipinski definition) is 2. The summed E-state index contributed by atoms with van der Waals surface area (Å²) in [6.45, 7) is 11.2. The topological polar surface area (TPSA) is 21.3 Å². The molecule has 0 heterocycles. The molecule has 0 aliphatic heterocycles. The zero-order valence-corrected chi connectivity index (χ0v) is 13.0. The maximum absolute atomic E-state index is 13.0. The molecule has 0 aliphatic carbocycles. The van der Waals surface area contributed by atoms with Crippen molar-refractivity contribution < 1.29 is 9.13 Å². The quantitative estimate of drug-likeness (QED) is 0.873. The largest absolute Gasteiger partial charge is 0.487 e. The van der Waals surface area contributed by atoms with Gasteiger partial charge in [0.2, 0.25) is 0 Å². The lowest BCUT2D eigenvalue weighted by atomic mass is 10.0. The van der Waals surface area contributed by atoms with Crippen molar-refractivity contribution in [3.8, 4) is 5.75 Å². The summed E-state index contributed by atoms with van der Waals surface area (Å²) in [6.07, 6.45) is -0.0119. The van der Waals surface area contributed by atoms with E-state index in [4.69, 9.17) is 16.3 Å². The molecular formula is C15H23ClFNO. The lowest BCUT2D eigenvalue weighted by Gasteiger charge is -2.28. The van der Waals surface area contributed by atoms with Crippen molar-refractivity contribution in [1.82, 2.24) is 5.32 Å². The Morgan fingerprint density at radius 2 is 1.95 bits per heavy atom. The Balaban J connectivity index is 2.73. The van der Waals surface area contributed by atoms with Crippen molar-refractivity contribution in [1.29, 1.82) is 0 Å². The van der Waals surface area contributed by atoms with Crippen LogP contribution in [0.3, 0.4) is 0 Å². The monoisotopic (exact) mass is 287 g/mol. The van der Waals surface area contributed by atoms with Gasteiger partial charge in [-0.3, -0.25) is 0 Å². The first kappa shape index (κ1) is 16.3. The Kier molecular flexibility index (Phi) is 5.63. The Labute approximate surface area is 120 Å². The normalized spacial score (nSPS) is 13.7. The second-order valence-corrected chi connectivity index (χ2v) is 6.51. The highest BCUT2D eigenvalue weighted by Crippen LogP contribution is 2.27. The van der Waals surface area contributed by atoms with Crippen LogP contribution < -0.4 is 10.1 Å². The minimum absolute atomic E-state index is 0.0119. The number of benzene rings is 1. The van der Waals surface area contributed by atoms with Crippen LogP contribution in [0.4, 0.5) is 4.39 Å². The molecule has 2 nitrogen and oxygen atoms in total. The highest BCUT2D eigenvalue weighted by molar-refractivity contribution is 6.32. The van der Waals surface area contributed by atoms with Crippen molar-refractivity contribution >= 4 is 11.6 Å². The second kappa shape index (κ2) is 6.58. The number of rotatable bonds is 5. The molecule has 0 saturated carbocycles. The first-order valence-electron chi connectivity index (χ1n) is 6.56. The Hall–Kier alpha value is -0.800. The summed E-state index contributed by atoms with van der Waals surface area (Å²) < 4.78 is 18.9. The van der Waals surface area contributed by atoms with Gasteiger partial charge in [-0.2, -0.15) is 0 Å². The molecule has 4 heteroatoms. The van der Waals surface area contributed by atoms with E-state index in [-0.39, 0.29) is 17.5 Å². The van der Waals surface area contributed by atoms with Gasteiger partial charge in [-0.25, -0.2) is 4.39 Å². The van der Waals surface area contributed by atoms with Crippen molar-refractivity contribution in [2.75, 3.05) is 6.54 Å². The van der Waals surface area contributed by atoms with Crippen LogP contribution in [-0.2, 0) is 0 Å². The minimum atomic E-state index is -0.355. The maximum Gasteiger partial charge on any atom is 0.138 e. The van der Waals surface area contributed by atoms with Crippen LogP contribution in [0.15, 0.2) is 18.2 Å². The van der Waals surface area contributed by atoms with Crippen LogP contribution in [0.1, 0.15) is 34.6 Å². The lowest BCUT2D eigenvalue weighted by molar-refractivity contribution is 0.139. The predicted molar refractivity (Wildman–Crippen MR) is 78.4 cm³/mol. The minimum Gasteiger partial charge on any atom is -0.487 e. The third-order valence-corrected chi connectivity index (χ3v) is 3.04. The summed E-state index contributed by atoms with van der Waals surface area (Å²) in [5.74, 6) is 0.500. The van der Waals surface area contributed by atoms with Gasteiger partial charge in [-0.05, 0) is 44.9 Å². The smallest absolute Gasteiger partial charge is 0.138 e. The van der Waals surface area contributed by atoms with E-state index in [1.807, 2.05) is 0 Å². The van der Waals surface area contributed by atoms with E-state index in [2.05, 4.69) is 39.9 Å². The SMILES string of the molecule is CC(C)C(CNC(C)(C)C)Oc1ccc(F)cc1Cl. The van der Waals surface area contributed by atoms with E-state index in [9.17, 15) is 4.39 Å². The third-order valence-electron chi connectivity index (χ3n) is 2.75. The molecular weight excluding hydrogens is 265 g/mol. The van der Waals surface area contributed by atoms with E-state index in [1.165, 1.54) is 12.1 Å². The summed E-state index contributed by atoms with van der Waals surface area (Å²) in [4.78, 5) is 0. The zero-order valence-electron chi connectivity index (χ0n) is 12.3. The van der Waals surface area contributed by atoms with E-state index in [0.29, 0.717) is 16.7 Å². The summed E-state index contributed by atoms with van der Waals surface area (Å²) in [5, 5.41) is 3.72. The zero-order chi connectivity index (χ0) is 14.6. The number of ether oxygens (including phenoxy) is 1. The molecule has 1 N–H and O–H groups in total. The fraction of sp³-hybridized carbons (Fsp3) is 0.600. The fourth-order valence-electron chi connectivity index (χ4n) is 1.55. The summed E-state index contributed by atoms with van der Waals surface area (Å²) >= 11 is 5.98. The molecule has 1 aromatic carbocycles. The van der Waals surface area contributed by atoms with Gasteiger partial charge in [0.25, 0.3) is 0 Å². The average molecular weight is 288 g/mol. The highest BCUT2D eigenvalue weighted by Gasteiger charge is 2.19. The molecule has 0 bridgehead atoms. The standard InChI is InChI=1S/C15H23ClFNO/c1-10(2)14(9-18-15(3,4)5)19-13-7-6-11(17)8-12(13)16/h6-8,10,14,18H,9H2,1-5H3. The van der Waals surface area contributed by atoms with Crippen molar-refractivity contribution in [2.45, 2.75) is 46.3 Å². The number of halogens is 2. The predicted octanol–water partition coefficient (Wildman–Crippen LogP) is 4.27. The van der Waals surface area contributed by atoms with Gasteiger partial charge in [0.1, 0.15) is 17.7 Å². The molecule has 0 radical (unpaired) electrons. The molecule has 0 saturated heterocycles. The first-order valence-corrected chi connectivity index (χ1v) is 6.93. The molecule has 1 unspecified atom stereocenters. The molecule has 1 atom stereocenters. The van der Waals surface area contributed by atoms with E-state index < -0.39 is 0 Å². The Bertz CT molecular complexity index is 415. The molecule has 0 spiro atoms. The van der Waals surface area contributed by atoms with Crippen LogP contribution >= 0.6 is 11.6 Å².